The fourth-order valence-electron chi connectivity index (χ4n) is 3.39. The van der Waals surface area contributed by atoms with Crippen molar-refractivity contribution in [3.05, 3.63) is 36.2 Å². The first-order valence-corrected chi connectivity index (χ1v) is 7.56. The lowest BCUT2D eigenvalue weighted by molar-refractivity contribution is 0.330. The van der Waals surface area contributed by atoms with Crippen LogP contribution in [0.1, 0.15) is 50.1 Å². The Labute approximate surface area is 119 Å². The Hall–Kier alpha value is -1.52. The number of benzene rings is 1. The monoisotopic (exact) mass is 270 g/mol. The SMILES string of the molecule is NNC(c1cccc2nccnc12)C1CCCCCC1. The molecule has 1 saturated carbocycles. The van der Waals surface area contributed by atoms with Crippen molar-refractivity contribution >= 4 is 11.0 Å². The van der Waals surface area contributed by atoms with Gasteiger partial charge >= 0.3 is 0 Å². The Morgan fingerprint density at radius 3 is 2.55 bits per heavy atom. The van der Waals surface area contributed by atoms with Gasteiger partial charge in [-0.25, -0.2) is 0 Å². The maximum Gasteiger partial charge on any atom is 0.0935 e. The quantitative estimate of drug-likeness (QED) is 0.511. The van der Waals surface area contributed by atoms with E-state index in [1.807, 2.05) is 12.1 Å². The van der Waals surface area contributed by atoms with Crippen LogP contribution in [0.5, 0.6) is 0 Å². The molecule has 1 aliphatic rings. The van der Waals surface area contributed by atoms with Crippen molar-refractivity contribution in [3.8, 4) is 0 Å². The van der Waals surface area contributed by atoms with Gasteiger partial charge in [0.05, 0.1) is 17.1 Å². The summed E-state index contributed by atoms with van der Waals surface area (Å²) in [4.78, 5) is 8.90. The van der Waals surface area contributed by atoms with E-state index in [0.717, 1.165) is 11.0 Å². The van der Waals surface area contributed by atoms with Gasteiger partial charge in [0.25, 0.3) is 0 Å². The van der Waals surface area contributed by atoms with Crippen LogP contribution in [0, 0.1) is 5.92 Å². The number of hydrogen-bond acceptors (Lipinski definition) is 4. The molecule has 0 radical (unpaired) electrons. The summed E-state index contributed by atoms with van der Waals surface area (Å²) in [5.74, 6) is 6.47. The molecule has 1 heterocycles. The van der Waals surface area contributed by atoms with Gasteiger partial charge < -0.3 is 0 Å². The first-order chi connectivity index (χ1) is 9.90. The van der Waals surface area contributed by atoms with Crippen molar-refractivity contribution in [2.24, 2.45) is 11.8 Å². The van der Waals surface area contributed by atoms with Crippen LogP contribution in [0.25, 0.3) is 11.0 Å². The van der Waals surface area contributed by atoms with Crippen LogP contribution in [0.15, 0.2) is 30.6 Å². The fraction of sp³-hybridized carbons (Fsp3) is 0.500. The van der Waals surface area contributed by atoms with Crippen molar-refractivity contribution < 1.29 is 0 Å². The van der Waals surface area contributed by atoms with Crippen LogP contribution in [0.4, 0.5) is 0 Å². The number of para-hydroxylation sites is 1. The zero-order valence-electron chi connectivity index (χ0n) is 11.8. The minimum absolute atomic E-state index is 0.175. The lowest BCUT2D eigenvalue weighted by Crippen LogP contribution is -2.33. The van der Waals surface area contributed by atoms with Crippen molar-refractivity contribution in [2.45, 2.75) is 44.6 Å². The number of aromatic nitrogens is 2. The largest absolute Gasteiger partial charge is 0.271 e. The second kappa shape index (κ2) is 6.29. The van der Waals surface area contributed by atoms with Gasteiger partial charge in [0.1, 0.15) is 0 Å². The Morgan fingerprint density at radius 2 is 1.80 bits per heavy atom. The first kappa shape index (κ1) is 13.5. The molecule has 4 nitrogen and oxygen atoms in total. The summed E-state index contributed by atoms with van der Waals surface area (Å²) < 4.78 is 0. The molecule has 106 valence electrons. The number of rotatable bonds is 3. The van der Waals surface area contributed by atoms with Gasteiger partial charge in [-0.1, -0.05) is 37.8 Å². The topological polar surface area (TPSA) is 63.8 Å². The maximum absolute atomic E-state index is 5.88. The zero-order chi connectivity index (χ0) is 13.8. The lowest BCUT2D eigenvalue weighted by Gasteiger charge is -2.26. The molecular weight excluding hydrogens is 248 g/mol. The molecule has 0 amide bonds. The van der Waals surface area contributed by atoms with Crippen LogP contribution < -0.4 is 11.3 Å². The summed E-state index contributed by atoms with van der Waals surface area (Å²) in [5.41, 5.74) is 6.14. The number of nitrogens with two attached hydrogens (primary N) is 1. The van der Waals surface area contributed by atoms with Crippen molar-refractivity contribution in [2.75, 3.05) is 0 Å². The highest BCUT2D eigenvalue weighted by atomic mass is 15.2. The average molecular weight is 270 g/mol. The summed E-state index contributed by atoms with van der Waals surface area (Å²) in [5, 5.41) is 0. The predicted molar refractivity (Wildman–Crippen MR) is 80.8 cm³/mol. The highest BCUT2D eigenvalue weighted by Crippen LogP contribution is 2.35. The van der Waals surface area contributed by atoms with E-state index in [9.17, 15) is 0 Å². The van der Waals surface area contributed by atoms with E-state index < -0.39 is 0 Å². The highest BCUT2D eigenvalue weighted by molar-refractivity contribution is 5.78. The molecule has 1 atom stereocenters. The molecule has 1 aromatic heterocycles. The van der Waals surface area contributed by atoms with E-state index >= 15 is 0 Å². The molecule has 1 aromatic carbocycles. The van der Waals surface area contributed by atoms with Crippen LogP contribution in [-0.4, -0.2) is 9.97 Å². The van der Waals surface area contributed by atoms with E-state index in [1.165, 1.54) is 44.1 Å². The molecule has 1 aliphatic carbocycles. The van der Waals surface area contributed by atoms with Crippen LogP contribution >= 0.6 is 0 Å². The zero-order valence-corrected chi connectivity index (χ0v) is 11.8. The third-order valence-corrected chi connectivity index (χ3v) is 4.42. The molecule has 3 N–H and O–H groups in total. The molecule has 0 spiro atoms. The number of nitrogens with one attached hydrogen (secondary N) is 1. The van der Waals surface area contributed by atoms with E-state index in [4.69, 9.17) is 5.84 Å². The Balaban J connectivity index is 1.98. The molecule has 3 rings (SSSR count). The Kier molecular flexibility index (Phi) is 4.23. The van der Waals surface area contributed by atoms with Gasteiger partial charge in [-0.2, -0.15) is 0 Å². The van der Waals surface area contributed by atoms with E-state index in [2.05, 4.69) is 21.5 Å². The molecular formula is C16H22N4. The second-order valence-electron chi connectivity index (χ2n) is 5.67. The Morgan fingerprint density at radius 1 is 1.05 bits per heavy atom. The third-order valence-electron chi connectivity index (χ3n) is 4.42. The van der Waals surface area contributed by atoms with Gasteiger partial charge in [-0.3, -0.25) is 21.2 Å². The molecule has 20 heavy (non-hydrogen) atoms. The fourth-order valence-corrected chi connectivity index (χ4v) is 3.39. The average Bonchev–Trinajstić information content (AvgIpc) is 2.78. The lowest BCUT2D eigenvalue weighted by atomic mass is 9.87. The molecule has 0 bridgehead atoms. The van der Waals surface area contributed by atoms with Crippen molar-refractivity contribution in [1.29, 1.82) is 0 Å². The third kappa shape index (κ3) is 2.67. The van der Waals surface area contributed by atoms with E-state index in [0.29, 0.717) is 5.92 Å². The smallest absolute Gasteiger partial charge is 0.0935 e. The van der Waals surface area contributed by atoms with Crippen molar-refractivity contribution in [1.82, 2.24) is 15.4 Å². The number of nitrogens with zero attached hydrogens (tertiary/aromatic N) is 2. The number of fused-ring (bicyclic) bond motifs is 1. The minimum atomic E-state index is 0.175. The first-order valence-electron chi connectivity index (χ1n) is 7.56. The summed E-state index contributed by atoms with van der Waals surface area (Å²) in [6.07, 6.45) is 11.3. The van der Waals surface area contributed by atoms with Crippen LogP contribution in [0.3, 0.4) is 0 Å². The molecule has 4 heteroatoms. The maximum atomic E-state index is 5.88. The normalized spacial score (nSPS) is 18.9. The molecule has 0 aliphatic heterocycles. The number of hydrogen-bond donors (Lipinski definition) is 2. The van der Waals surface area contributed by atoms with Crippen LogP contribution in [0.2, 0.25) is 0 Å². The summed E-state index contributed by atoms with van der Waals surface area (Å²) in [6.45, 7) is 0. The molecule has 0 saturated heterocycles. The van der Waals surface area contributed by atoms with Crippen LogP contribution in [-0.2, 0) is 0 Å². The summed E-state index contributed by atoms with van der Waals surface area (Å²) in [7, 11) is 0. The number of hydrazine groups is 1. The predicted octanol–water partition coefficient (Wildman–Crippen LogP) is 3.10. The van der Waals surface area contributed by atoms with Gasteiger partial charge in [-0.05, 0) is 30.4 Å². The van der Waals surface area contributed by atoms with E-state index in [1.54, 1.807) is 12.4 Å². The summed E-state index contributed by atoms with van der Waals surface area (Å²) in [6, 6.07) is 6.36. The minimum Gasteiger partial charge on any atom is -0.271 e. The molecule has 1 unspecified atom stereocenters. The van der Waals surface area contributed by atoms with Crippen molar-refractivity contribution in [3.63, 3.8) is 0 Å². The second-order valence-corrected chi connectivity index (χ2v) is 5.67. The molecule has 1 fully saturated rings. The van der Waals surface area contributed by atoms with Gasteiger partial charge in [0.2, 0.25) is 0 Å². The highest BCUT2D eigenvalue weighted by Gasteiger charge is 2.25. The summed E-state index contributed by atoms with van der Waals surface area (Å²) >= 11 is 0. The Bertz CT molecular complexity index is 556. The van der Waals surface area contributed by atoms with E-state index in [-0.39, 0.29) is 6.04 Å². The van der Waals surface area contributed by atoms with Gasteiger partial charge in [-0.15, -0.1) is 0 Å². The van der Waals surface area contributed by atoms with Gasteiger partial charge in [0.15, 0.2) is 0 Å². The standard InChI is InChI=1S/C16H22N4/c17-20-15(12-6-3-1-2-4-7-12)13-8-5-9-14-16(13)19-11-10-18-14/h5,8-12,15,20H,1-4,6-7,17H2. The molecule has 2 aromatic rings. The van der Waals surface area contributed by atoms with Gasteiger partial charge in [0, 0.05) is 12.4 Å².